The SMILES string of the molecule is Cc1ccc2c3c1O[C@@H]1C4(CC[C@@H]5[C@H](C2)N(CC2CC2)CC[C@]351)OCCO4. The number of likely N-dealkylation sites (tertiary alicyclic amines) is 1. The Kier molecular flexibility index (Phi) is 2.97. The largest absolute Gasteiger partial charge is 0.483 e. The van der Waals surface area contributed by atoms with Gasteiger partial charge in [0.25, 0.3) is 0 Å². The molecule has 4 atom stereocenters. The fourth-order valence-electron chi connectivity index (χ4n) is 7.37. The van der Waals surface area contributed by atoms with Gasteiger partial charge in [-0.1, -0.05) is 12.1 Å². The van der Waals surface area contributed by atoms with Crippen LogP contribution in [-0.2, 0) is 21.3 Å². The summed E-state index contributed by atoms with van der Waals surface area (Å²) < 4.78 is 19.4. The van der Waals surface area contributed by atoms with Gasteiger partial charge in [-0.2, -0.15) is 0 Å². The zero-order valence-electron chi connectivity index (χ0n) is 16.2. The lowest BCUT2D eigenvalue weighted by Crippen LogP contribution is -2.70. The van der Waals surface area contributed by atoms with Crippen molar-refractivity contribution in [1.29, 1.82) is 0 Å². The Morgan fingerprint density at radius 3 is 2.78 bits per heavy atom. The molecule has 0 radical (unpaired) electrons. The van der Waals surface area contributed by atoms with Crippen LogP contribution in [0.2, 0.25) is 0 Å². The molecule has 2 saturated heterocycles. The summed E-state index contributed by atoms with van der Waals surface area (Å²) >= 11 is 0. The maximum atomic E-state index is 6.81. The molecule has 3 aliphatic heterocycles. The molecule has 0 unspecified atom stereocenters. The molecule has 1 aromatic carbocycles. The number of fused-ring (bicyclic) bond motifs is 1. The summed E-state index contributed by atoms with van der Waals surface area (Å²) in [5.41, 5.74) is 4.46. The van der Waals surface area contributed by atoms with Gasteiger partial charge in [0.2, 0.25) is 5.79 Å². The minimum atomic E-state index is -0.514. The Bertz CT molecular complexity index is 812. The molecule has 3 heterocycles. The number of nitrogens with zero attached hydrogens (tertiary/aromatic N) is 1. The van der Waals surface area contributed by atoms with Gasteiger partial charge in [-0.15, -0.1) is 0 Å². The second kappa shape index (κ2) is 5.08. The summed E-state index contributed by atoms with van der Waals surface area (Å²) in [6.45, 7) is 6.14. The number of ether oxygens (including phenoxy) is 3. The van der Waals surface area contributed by atoms with Crippen molar-refractivity contribution in [2.45, 2.75) is 68.8 Å². The number of rotatable bonds is 2. The van der Waals surface area contributed by atoms with E-state index < -0.39 is 5.79 Å². The van der Waals surface area contributed by atoms with Crippen LogP contribution in [0.4, 0.5) is 0 Å². The smallest absolute Gasteiger partial charge is 0.206 e. The fraction of sp³-hybridized carbons (Fsp3) is 0.739. The second-order valence-corrected chi connectivity index (χ2v) is 9.90. The molecular formula is C23H29NO3. The van der Waals surface area contributed by atoms with Gasteiger partial charge in [-0.3, -0.25) is 4.90 Å². The van der Waals surface area contributed by atoms with E-state index in [1.54, 1.807) is 0 Å². The number of aryl methyl sites for hydroxylation is 1. The summed E-state index contributed by atoms with van der Waals surface area (Å²) in [6, 6.07) is 5.33. The van der Waals surface area contributed by atoms with Crippen molar-refractivity contribution >= 4 is 0 Å². The second-order valence-electron chi connectivity index (χ2n) is 9.90. The zero-order chi connectivity index (χ0) is 17.8. The molecule has 3 aliphatic carbocycles. The number of benzene rings is 1. The molecular weight excluding hydrogens is 338 g/mol. The highest BCUT2D eigenvalue weighted by Crippen LogP contribution is 2.65. The summed E-state index contributed by atoms with van der Waals surface area (Å²) in [5.74, 6) is 2.29. The van der Waals surface area contributed by atoms with E-state index in [2.05, 4.69) is 24.0 Å². The van der Waals surface area contributed by atoms with Gasteiger partial charge >= 0.3 is 0 Å². The molecule has 1 aromatic rings. The van der Waals surface area contributed by atoms with Crippen LogP contribution in [0.1, 0.15) is 48.8 Å². The average Bonchev–Trinajstić information content (AvgIpc) is 3.24. The third-order valence-electron chi connectivity index (χ3n) is 8.62. The lowest BCUT2D eigenvalue weighted by molar-refractivity contribution is -0.261. The van der Waals surface area contributed by atoms with Gasteiger partial charge in [0.05, 0.1) is 13.2 Å². The third-order valence-corrected chi connectivity index (χ3v) is 8.62. The first-order valence-electron chi connectivity index (χ1n) is 11.0. The van der Waals surface area contributed by atoms with E-state index in [4.69, 9.17) is 14.2 Å². The van der Waals surface area contributed by atoms with E-state index in [1.165, 1.54) is 61.9 Å². The van der Waals surface area contributed by atoms with Gasteiger partial charge in [-0.25, -0.2) is 0 Å². The standard InChI is InChI=1S/C23H29NO3/c1-14-2-5-16-12-18-17-6-7-23(25-10-11-26-23)21-22(17,19(16)20(14)27-21)8-9-24(18)13-15-3-4-15/h2,5,15,17-18,21H,3-4,6-13H2,1H3/t17-,18+,21+,22-/m1/s1. The van der Waals surface area contributed by atoms with E-state index in [9.17, 15) is 0 Å². The molecule has 27 heavy (non-hydrogen) atoms. The van der Waals surface area contributed by atoms with Crippen LogP contribution in [0.3, 0.4) is 0 Å². The Labute approximate surface area is 161 Å². The molecule has 6 aliphatic rings. The first kappa shape index (κ1) is 15.8. The first-order valence-corrected chi connectivity index (χ1v) is 11.0. The predicted octanol–water partition coefficient (Wildman–Crippen LogP) is 3.19. The van der Waals surface area contributed by atoms with Crippen molar-refractivity contribution < 1.29 is 14.2 Å². The van der Waals surface area contributed by atoms with Gasteiger partial charge in [0.1, 0.15) is 5.75 Å². The van der Waals surface area contributed by atoms with Crippen LogP contribution in [0.15, 0.2) is 12.1 Å². The van der Waals surface area contributed by atoms with Crippen molar-refractivity contribution in [3.63, 3.8) is 0 Å². The van der Waals surface area contributed by atoms with Crippen molar-refractivity contribution in [2.75, 3.05) is 26.3 Å². The van der Waals surface area contributed by atoms with Crippen LogP contribution in [0.25, 0.3) is 0 Å². The number of hydrogen-bond acceptors (Lipinski definition) is 4. The molecule has 7 rings (SSSR count). The van der Waals surface area contributed by atoms with Gasteiger partial charge in [0, 0.05) is 30.0 Å². The molecule has 4 fully saturated rings. The lowest BCUT2D eigenvalue weighted by Gasteiger charge is -2.61. The molecule has 0 aromatic heterocycles. The lowest BCUT2D eigenvalue weighted by atomic mass is 9.50. The fourth-order valence-corrected chi connectivity index (χ4v) is 7.37. The highest BCUT2D eigenvalue weighted by molar-refractivity contribution is 5.58. The van der Waals surface area contributed by atoms with E-state index in [-0.39, 0.29) is 11.5 Å². The van der Waals surface area contributed by atoms with Crippen molar-refractivity contribution in [2.24, 2.45) is 11.8 Å². The van der Waals surface area contributed by atoms with Crippen LogP contribution < -0.4 is 4.74 Å². The number of hydrogen-bond donors (Lipinski definition) is 0. The Morgan fingerprint density at radius 1 is 1.11 bits per heavy atom. The number of piperidine rings is 1. The van der Waals surface area contributed by atoms with E-state index in [0.29, 0.717) is 25.2 Å². The molecule has 4 nitrogen and oxygen atoms in total. The quantitative estimate of drug-likeness (QED) is 0.803. The van der Waals surface area contributed by atoms with Gasteiger partial charge in [-0.05, 0) is 68.5 Å². The minimum Gasteiger partial charge on any atom is -0.483 e. The van der Waals surface area contributed by atoms with Crippen molar-refractivity contribution in [3.05, 3.63) is 28.8 Å². The summed E-state index contributed by atoms with van der Waals surface area (Å²) in [6.07, 6.45) is 7.51. The molecule has 0 N–H and O–H groups in total. The monoisotopic (exact) mass is 367 g/mol. The normalized spacial score (nSPS) is 40.9. The molecule has 144 valence electrons. The topological polar surface area (TPSA) is 30.9 Å². The first-order chi connectivity index (χ1) is 13.2. The van der Waals surface area contributed by atoms with Crippen LogP contribution in [-0.4, -0.2) is 49.1 Å². The Hall–Kier alpha value is -1.10. The van der Waals surface area contributed by atoms with Crippen LogP contribution >= 0.6 is 0 Å². The van der Waals surface area contributed by atoms with Crippen LogP contribution in [0, 0.1) is 18.8 Å². The molecule has 2 spiro atoms. The molecule has 0 amide bonds. The highest BCUT2D eigenvalue weighted by Gasteiger charge is 2.71. The predicted molar refractivity (Wildman–Crippen MR) is 101 cm³/mol. The maximum absolute atomic E-state index is 6.81. The van der Waals surface area contributed by atoms with E-state index in [1.807, 2.05) is 0 Å². The maximum Gasteiger partial charge on any atom is 0.206 e. The average molecular weight is 367 g/mol. The highest BCUT2D eigenvalue weighted by atomic mass is 16.8. The van der Waals surface area contributed by atoms with Crippen molar-refractivity contribution in [1.82, 2.24) is 4.90 Å². The van der Waals surface area contributed by atoms with E-state index >= 15 is 0 Å². The van der Waals surface area contributed by atoms with Crippen molar-refractivity contribution in [3.8, 4) is 5.75 Å². The Morgan fingerprint density at radius 2 is 1.96 bits per heavy atom. The van der Waals surface area contributed by atoms with Gasteiger partial charge < -0.3 is 14.2 Å². The van der Waals surface area contributed by atoms with Gasteiger partial charge in [0.15, 0.2) is 6.10 Å². The van der Waals surface area contributed by atoms with Crippen LogP contribution in [0.5, 0.6) is 5.75 Å². The molecule has 2 bridgehead atoms. The zero-order valence-corrected chi connectivity index (χ0v) is 16.2. The Balaban J connectivity index is 1.41. The minimum absolute atomic E-state index is 0.0342. The summed E-state index contributed by atoms with van der Waals surface area (Å²) in [7, 11) is 0. The summed E-state index contributed by atoms with van der Waals surface area (Å²) in [4.78, 5) is 2.85. The molecule has 2 saturated carbocycles. The third kappa shape index (κ3) is 1.86. The van der Waals surface area contributed by atoms with E-state index in [0.717, 1.165) is 18.1 Å². The molecule has 4 heteroatoms. The summed E-state index contributed by atoms with van der Waals surface area (Å²) in [5, 5.41) is 0.